The average Bonchev–Trinajstić information content (AvgIpc) is 2.94. The summed E-state index contributed by atoms with van der Waals surface area (Å²) >= 11 is 1.36. The zero-order valence-electron chi connectivity index (χ0n) is 11.5. The number of carbonyl (C=O) groups is 1. The lowest BCUT2D eigenvalue weighted by Crippen LogP contribution is -2.12. The minimum atomic E-state index is -0.105. The smallest absolute Gasteiger partial charge is 0.267 e. The number of hydrogen-bond donors (Lipinski definition) is 1. The number of amides is 1. The van der Waals surface area contributed by atoms with Gasteiger partial charge in [-0.2, -0.15) is 0 Å². The van der Waals surface area contributed by atoms with Gasteiger partial charge in [-0.25, -0.2) is 0 Å². The van der Waals surface area contributed by atoms with Gasteiger partial charge < -0.3 is 5.32 Å². The molecule has 0 saturated carbocycles. The normalized spacial score (nSPS) is 10.9. The highest BCUT2D eigenvalue weighted by Crippen LogP contribution is 2.24. The van der Waals surface area contributed by atoms with Crippen LogP contribution < -0.4 is 5.32 Å². The molecule has 1 aromatic carbocycles. The first-order valence-corrected chi connectivity index (χ1v) is 7.07. The molecule has 20 heavy (non-hydrogen) atoms. The van der Waals surface area contributed by atoms with Crippen LogP contribution in [0.3, 0.4) is 0 Å². The minimum Gasteiger partial charge on any atom is -0.321 e. The van der Waals surface area contributed by atoms with Crippen LogP contribution in [0.15, 0.2) is 24.3 Å². The van der Waals surface area contributed by atoms with Crippen LogP contribution in [0.2, 0.25) is 0 Å². The third-order valence-corrected chi connectivity index (χ3v) is 4.38. The van der Waals surface area contributed by atoms with Crippen LogP contribution in [-0.4, -0.2) is 20.5 Å². The molecular formula is C14H14N4OS. The molecule has 3 rings (SSSR count). The van der Waals surface area contributed by atoms with Gasteiger partial charge in [-0.05, 0) is 32.4 Å². The molecule has 0 aliphatic heterocycles. The van der Waals surface area contributed by atoms with Crippen LogP contribution >= 0.6 is 11.3 Å². The van der Waals surface area contributed by atoms with Gasteiger partial charge in [-0.15, -0.1) is 10.2 Å². The Morgan fingerprint density at radius 2 is 1.95 bits per heavy atom. The third kappa shape index (κ3) is 1.98. The van der Waals surface area contributed by atoms with Gasteiger partial charge in [0.25, 0.3) is 5.91 Å². The van der Waals surface area contributed by atoms with Gasteiger partial charge in [0.2, 0.25) is 4.96 Å². The second-order valence-electron chi connectivity index (χ2n) is 4.65. The molecule has 0 spiro atoms. The highest BCUT2D eigenvalue weighted by atomic mass is 32.1. The van der Waals surface area contributed by atoms with E-state index in [0.717, 1.165) is 27.7 Å². The average molecular weight is 286 g/mol. The Balaban J connectivity index is 1.97. The van der Waals surface area contributed by atoms with Crippen LogP contribution in [0.5, 0.6) is 0 Å². The molecular weight excluding hydrogens is 272 g/mol. The maximum atomic E-state index is 12.4. The minimum absolute atomic E-state index is 0.105. The van der Waals surface area contributed by atoms with Crippen molar-refractivity contribution in [2.24, 2.45) is 0 Å². The fourth-order valence-corrected chi connectivity index (χ4v) is 3.17. The highest BCUT2D eigenvalue weighted by molar-refractivity contribution is 7.19. The molecule has 0 fully saturated rings. The van der Waals surface area contributed by atoms with Crippen LogP contribution in [0.25, 0.3) is 4.96 Å². The van der Waals surface area contributed by atoms with Gasteiger partial charge in [-0.1, -0.05) is 29.5 Å². The summed E-state index contributed by atoms with van der Waals surface area (Å²) in [5.41, 5.74) is 2.74. The van der Waals surface area contributed by atoms with Crippen LogP contribution in [0.4, 0.5) is 5.69 Å². The van der Waals surface area contributed by atoms with Crippen molar-refractivity contribution < 1.29 is 4.79 Å². The monoisotopic (exact) mass is 286 g/mol. The molecule has 1 N–H and O–H groups in total. The van der Waals surface area contributed by atoms with Crippen molar-refractivity contribution in [2.45, 2.75) is 20.8 Å². The van der Waals surface area contributed by atoms with E-state index in [9.17, 15) is 4.79 Å². The van der Waals surface area contributed by atoms with E-state index in [-0.39, 0.29) is 5.91 Å². The summed E-state index contributed by atoms with van der Waals surface area (Å²) < 4.78 is 1.90. The lowest BCUT2D eigenvalue weighted by atomic mass is 10.2. The van der Waals surface area contributed by atoms with Gasteiger partial charge in [-0.3, -0.25) is 9.20 Å². The number of anilines is 1. The molecule has 0 atom stereocenters. The first kappa shape index (κ1) is 12.8. The maximum Gasteiger partial charge on any atom is 0.267 e. The van der Waals surface area contributed by atoms with Crippen molar-refractivity contribution in [1.29, 1.82) is 0 Å². The molecule has 3 aromatic rings. The fourth-order valence-electron chi connectivity index (χ4n) is 2.16. The Hall–Kier alpha value is -2.21. The van der Waals surface area contributed by atoms with E-state index in [1.54, 1.807) is 0 Å². The summed E-state index contributed by atoms with van der Waals surface area (Å²) in [7, 11) is 0. The molecule has 0 unspecified atom stereocenters. The van der Waals surface area contributed by atoms with E-state index in [1.165, 1.54) is 11.3 Å². The molecule has 0 bridgehead atoms. The Bertz CT molecular complexity index is 803. The molecule has 102 valence electrons. The Kier molecular flexibility index (Phi) is 3.02. The predicted molar refractivity (Wildman–Crippen MR) is 79.5 cm³/mol. The lowest BCUT2D eigenvalue weighted by Gasteiger charge is -2.07. The summed E-state index contributed by atoms with van der Waals surface area (Å²) in [6.45, 7) is 5.76. The Morgan fingerprint density at radius 1 is 1.20 bits per heavy atom. The number of hydrogen-bond acceptors (Lipinski definition) is 4. The number of carbonyl (C=O) groups excluding carboxylic acids is 1. The number of rotatable bonds is 2. The highest BCUT2D eigenvalue weighted by Gasteiger charge is 2.18. The SMILES string of the molecule is Cc1ccccc1NC(=O)c1sc2nnc(C)n2c1C. The number of nitrogens with zero attached hydrogens (tertiary/aromatic N) is 3. The molecule has 2 aromatic heterocycles. The number of benzene rings is 1. The molecule has 0 aliphatic carbocycles. The molecule has 1 amide bonds. The maximum absolute atomic E-state index is 12.4. The zero-order chi connectivity index (χ0) is 14.3. The summed E-state index contributed by atoms with van der Waals surface area (Å²) in [5.74, 6) is 0.690. The number of aromatic nitrogens is 3. The summed E-state index contributed by atoms with van der Waals surface area (Å²) in [4.78, 5) is 13.8. The molecule has 0 aliphatic rings. The second kappa shape index (κ2) is 4.72. The number of aryl methyl sites for hydroxylation is 3. The van der Waals surface area contributed by atoms with Crippen molar-refractivity contribution in [2.75, 3.05) is 5.32 Å². The van der Waals surface area contributed by atoms with Crippen molar-refractivity contribution in [3.63, 3.8) is 0 Å². The van der Waals surface area contributed by atoms with E-state index in [1.807, 2.05) is 49.4 Å². The quantitative estimate of drug-likeness (QED) is 0.788. The van der Waals surface area contributed by atoms with Crippen molar-refractivity contribution in [3.05, 3.63) is 46.2 Å². The van der Waals surface area contributed by atoms with Gasteiger partial charge >= 0.3 is 0 Å². The zero-order valence-corrected chi connectivity index (χ0v) is 12.3. The van der Waals surface area contributed by atoms with E-state index in [2.05, 4.69) is 15.5 Å². The van der Waals surface area contributed by atoms with Gasteiger partial charge in [0.1, 0.15) is 10.7 Å². The number of fused-ring (bicyclic) bond motifs is 1. The molecule has 0 radical (unpaired) electrons. The Morgan fingerprint density at radius 3 is 2.65 bits per heavy atom. The first-order chi connectivity index (χ1) is 9.58. The van der Waals surface area contributed by atoms with Crippen LogP contribution in [0, 0.1) is 20.8 Å². The molecule has 0 saturated heterocycles. The van der Waals surface area contributed by atoms with Gasteiger partial charge in [0, 0.05) is 11.4 Å². The fraction of sp³-hybridized carbons (Fsp3) is 0.214. The number of nitrogens with one attached hydrogen (secondary N) is 1. The first-order valence-electron chi connectivity index (χ1n) is 6.26. The van der Waals surface area contributed by atoms with E-state index in [0.29, 0.717) is 4.88 Å². The van der Waals surface area contributed by atoms with Crippen molar-refractivity contribution in [1.82, 2.24) is 14.6 Å². The molecule has 2 heterocycles. The van der Waals surface area contributed by atoms with Gasteiger partial charge in [0.15, 0.2) is 0 Å². The van der Waals surface area contributed by atoms with Crippen LogP contribution in [-0.2, 0) is 0 Å². The number of thiazole rings is 1. The van der Waals surface area contributed by atoms with Crippen LogP contribution in [0.1, 0.15) is 26.8 Å². The third-order valence-electron chi connectivity index (χ3n) is 3.25. The standard InChI is InChI=1S/C14H14N4OS/c1-8-6-4-5-7-11(8)15-13(19)12-9(2)18-10(3)16-17-14(18)20-12/h4-7H,1-3H3,(H,15,19). The summed E-state index contributed by atoms with van der Waals surface area (Å²) in [5, 5.41) is 11.0. The Labute approximate surface area is 120 Å². The molecule has 5 nitrogen and oxygen atoms in total. The summed E-state index contributed by atoms with van der Waals surface area (Å²) in [6.07, 6.45) is 0. The second-order valence-corrected chi connectivity index (χ2v) is 5.63. The topological polar surface area (TPSA) is 59.3 Å². The lowest BCUT2D eigenvalue weighted by molar-refractivity contribution is 0.102. The van der Waals surface area contributed by atoms with E-state index >= 15 is 0 Å². The summed E-state index contributed by atoms with van der Waals surface area (Å²) in [6, 6.07) is 7.72. The van der Waals surface area contributed by atoms with Crippen molar-refractivity contribution in [3.8, 4) is 0 Å². The van der Waals surface area contributed by atoms with E-state index in [4.69, 9.17) is 0 Å². The van der Waals surface area contributed by atoms with Gasteiger partial charge in [0.05, 0.1) is 0 Å². The largest absolute Gasteiger partial charge is 0.321 e. The van der Waals surface area contributed by atoms with E-state index < -0.39 is 0 Å². The van der Waals surface area contributed by atoms with Crippen molar-refractivity contribution >= 4 is 27.9 Å². The number of para-hydroxylation sites is 1. The molecule has 6 heteroatoms. The predicted octanol–water partition coefficient (Wildman–Crippen LogP) is 2.97.